The van der Waals surface area contributed by atoms with Crippen LogP contribution in [0, 0.1) is 0 Å². The van der Waals surface area contributed by atoms with Crippen LogP contribution in [0.25, 0.3) is 0 Å². The minimum atomic E-state index is 0.200. The molecule has 1 rings (SSSR count). The number of halogens is 2. The van der Waals surface area contributed by atoms with Crippen LogP contribution in [0.5, 0.6) is 0 Å². The minimum absolute atomic E-state index is 0.200. The van der Waals surface area contributed by atoms with E-state index in [4.69, 9.17) is 28.3 Å². The second kappa shape index (κ2) is 8.00. The molecule has 1 aromatic carbocycles. The van der Waals surface area contributed by atoms with Crippen molar-refractivity contribution in [3.63, 3.8) is 0 Å². The maximum Gasteiger partial charge on any atom is 0.0468 e. The van der Waals surface area contributed by atoms with E-state index < -0.39 is 0 Å². The number of aliphatic hydroxyl groups is 1. The summed E-state index contributed by atoms with van der Waals surface area (Å²) in [6.07, 6.45) is 2.70. The second-order valence-corrected chi connectivity index (χ2v) is 5.25. The Labute approximate surface area is 119 Å². The van der Waals surface area contributed by atoms with E-state index in [9.17, 15) is 0 Å². The van der Waals surface area contributed by atoms with Crippen molar-refractivity contribution >= 4 is 23.2 Å². The molecular formula is C14H21Cl2NO. The Balaban J connectivity index is 2.81. The third-order valence-corrected chi connectivity index (χ3v) is 3.72. The van der Waals surface area contributed by atoms with Crippen LogP contribution in [0.3, 0.4) is 0 Å². The molecule has 0 aliphatic rings. The lowest BCUT2D eigenvalue weighted by atomic mass is 10.0. The molecule has 2 unspecified atom stereocenters. The first kappa shape index (κ1) is 15.8. The van der Waals surface area contributed by atoms with Crippen molar-refractivity contribution in [3.05, 3.63) is 33.8 Å². The number of hydrogen-bond acceptors (Lipinski definition) is 2. The fraction of sp³-hybridized carbons (Fsp3) is 0.571. The van der Waals surface area contributed by atoms with Crippen molar-refractivity contribution in [1.82, 2.24) is 5.32 Å². The lowest BCUT2D eigenvalue weighted by molar-refractivity contribution is 0.254. The average Bonchev–Trinajstić information content (AvgIpc) is 2.35. The van der Waals surface area contributed by atoms with Gasteiger partial charge in [0.15, 0.2) is 0 Å². The van der Waals surface area contributed by atoms with Gasteiger partial charge in [-0.1, -0.05) is 43.1 Å². The normalized spacial score (nSPS) is 14.5. The van der Waals surface area contributed by atoms with E-state index in [1.165, 1.54) is 0 Å². The zero-order chi connectivity index (χ0) is 13.5. The van der Waals surface area contributed by atoms with Crippen molar-refractivity contribution < 1.29 is 5.11 Å². The summed E-state index contributed by atoms with van der Waals surface area (Å²) in [5, 5.41) is 13.9. The van der Waals surface area contributed by atoms with Crippen LogP contribution in [0.15, 0.2) is 18.2 Å². The molecule has 0 aliphatic heterocycles. The van der Waals surface area contributed by atoms with Gasteiger partial charge in [-0.05, 0) is 37.0 Å². The van der Waals surface area contributed by atoms with Gasteiger partial charge in [0.2, 0.25) is 0 Å². The van der Waals surface area contributed by atoms with Crippen molar-refractivity contribution in [2.45, 2.75) is 45.2 Å². The lowest BCUT2D eigenvalue weighted by Crippen LogP contribution is -2.33. The molecule has 0 bridgehead atoms. The fourth-order valence-corrected chi connectivity index (χ4v) is 2.60. The van der Waals surface area contributed by atoms with E-state index >= 15 is 0 Å². The Morgan fingerprint density at radius 1 is 1.22 bits per heavy atom. The van der Waals surface area contributed by atoms with E-state index in [-0.39, 0.29) is 12.6 Å². The molecule has 1 aromatic rings. The molecule has 0 saturated heterocycles. The van der Waals surface area contributed by atoms with E-state index in [1.54, 1.807) is 6.07 Å². The summed E-state index contributed by atoms with van der Waals surface area (Å²) in [5.41, 5.74) is 1.07. The predicted octanol–water partition coefficient (Wildman–Crippen LogP) is 4.20. The van der Waals surface area contributed by atoms with Crippen LogP contribution in [0.2, 0.25) is 10.0 Å². The third-order valence-electron chi connectivity index (χ3n) is 3.15. The molecule has 0 fully saturated rings. The van der Waals surface area contributed by atoms with Gasteiger partial charge >= 0.3 is 0 Å². The first-order chi connectivity index (χ1) is 8.62. The highest BCUT2D eigenvalue weighted by Gasteiger charge is 2.16. The van der Waals surface area contributed by atoms with Gasteiger partial charge in [-0.25, -0.2) is 0 Å². The van der Waals surface area contributed by atoms with Gasteiger partial charge in [0.25, 0.3) is 0 Å². The fourth-order valence-electron chi connectivity index (χ4n) is 2.06. The molecular weight excluding hydrogens is 269 g/mol. The van der Waals surface area contributed by atoms with Crippen LogP contribution in [0.1, 0.15) is 44.7 Å². The summed E-state index contributed by atoms with van der Waals surface area (Å²) in [5.74, 6) is 0. The molecule has 0 saturated carbocycles. The Kier molecular flexibility index (Phi) is 7.02. The largest absolute Gasteiger partial charge is 0.396 e. The molecule has 0 spiro atoms. The maximum atomic E-state index is 9.03. The van der Waals surface area contributed by atoms with Crippen molar-refractivity contribution in [2.75, 3.05) is 6.61 Å². The van der Waals surface area contributed by atoms with Crippen LogP contribution in [-0.2, 0) is 0 Å². The summed E-state index contributed by atoms with van der Waals surface area (Å²) in [4.78, 5) is 0. The quantitative estimate of drug-likeness (QED) is 0.789. The highest BCUT2D eigenvalue weighted by atomic mass is 35.5. The summed E-state index contributed by atoms with van der Waals surface area (Å²) in [6.45, 7) is 4.44. The van der Waals surface area contributed by atoms with E-state index in [2.05, 4.69) is 19.2 Å². The summed E-state index contributed by atoms with van der Waals surface area (Å²) >= 11 is 12.1. The standard InChI is InChI=1S/C14H21Cl2NO/c1-3-11(7-8-18)17-14(4-2)12-6-5-10(15)9-13(12)16/h5-6,9,11,14,17-18H,3-4,7-8H2,1-2H3. The molecule has 0 radical (unpaired) electrons. The summed E-state index contributed by atoms with van der Waals surface area (Å²) in [6, 6.07) is 6.12. The Morgan fingerprint density at radius 2 is 1.94 bits per heavy atom. The van der Waals surface area contributed by atoms with Gasteiger partial charge in [0.05, 0.1) is 0 Å². The molecule has 0 heterocycles. The zero-order valence-corrected chi connectivity index (χ0v) is 12.4. The molecule has 0 amide bonds. The van der Waals surface area contributed by atoms with Crippen molar-refractivity contribution in [1.29, 1.82) is 0 Å². The smallest absolute Gasteiger partial charge is 0.0468 e. The van der Waals surface area contributed by atoms with Gasteiger partial charge in [-0.2, -0.15) is 0 Å². The molecule has 0 aliphatic carbocycles. The van der Waals surface area contributed by atoms with Gasteiger partial charge in [0, 0.05) is 28.7 Å². The Morgan fingerprint density at radius 3 is 2.44 bits per heavy atom. The number of rotatable bonds is 7. The van der Waals surface area contributed by atoms with Crippen LogP contribution < -0.4 is 5.32 Å². The number of nitrogens with one attached hydrogen (secondary N) is 1. The van der Waals surface area contributed by atoms with Crippen LogP contribution in [-0.4, -0.2) is 17.8 Å². The monoisotopic (exact) mass is 289 g/mol. The lowest BCUT2D eigenvalue weighted by Gasteiger charge is -2.25. The zero-order valence-electron chi connectivity index (χ0n) is 10.9. The van der Waals surface area contributed by atoms with Gasteiger partial charge in [-0.15, -0.1) is 0 Å². The number of aliphatic hydroxyl groups excluding tert-OH is 1. The van der Waals surface area contributed by atoms with Crippen LogP contribution in [0.4, 0.5) is 0 Å². The number of benzene rings is 1. The summed E-state index contributed by atoms with van der Waals surface area (Å²) in [7, 11) is 0. The maximum absolute atomic E-state index is 9.03. The SMILES string of the molecule is CCC(CCO)NC(CC)c1ccc(Cl)cc1Cl. The molecule has 2 N–H and O–H groups in total. The molecule has 18 heavy (non-hydrogen) atoms. The highest BCUT2D eigenvalue weighted by molar-refractivity contribution is 6.35. The van der Waals surface area contributed by atoms with Gasteiger partial charge < -0.3 is 10.4 Å². The molecule has 102 valence electrons. The van der Waals surface area contributed by atoms with Crippen molar-refractivity contribution in [2.24, 2.45) is 0 Å². The number of hydrogen-bond donors (Lipinski definition) is 2. The minimum Gasteiger partial charge on any atom is -0.396 e. The average molecular weight is 290 g/mol. The van der Waals surface area contributed by atoms with Crippen LogP contribution >= 0.6 is 23.2 Å². The van der Waals surface area contributed by atoms with Gasteiger partial charge in [0.1, 0.15) is 0 Å². The Hall–Kier alpha value is -0.280. The van der Waals surface area contributed by atoms with Crippen molar-refractivity contribution in [3.8, 4) is 0 Å². The molecule has 0 aromatic heterocycles. The van der Waals surface area contributed by atoms with E-state index in [1.807, 2.05) is 12.1 Å². The predicted molar refractivity (Wildman–Crippen MR) is 78.4 cm³/mol. The summed E-state index contributed by atoms with van der Waals surface area (Å²) < 4.78 is 0. The van der Waals surface area contributed by atoms with E-state index in [0.717, 1.165) is 24.8 Å². The topological polar surface area (TPSA) is 32.3 Å². The first-order valence-electron chi connectivity index (χ1n) is 6.44. The first-order valence-corrected chi connectivity index (χ1v) is 7.19. The highest BCUT2D eigenvalue weighted by Crippen LogP contribution is 2.28. The molecule has 2 atom stereocenters. The molecule has 4 heteroatoms. The third kappa shape index (κ3) is 4.43. The second-order valence-electron chi connectivity index (χ2n) is 4.41. The van der Waals surface area contributed by atoms with E-state index in [0.29, 0.717) is 16.1 Å². The Bertz CT molecular complexity index is 371. The molecule has 2 nitrogen and oxygen atoms in total. The van der Waals surface area contributed by atoms with Gasteiger partial charge in [-0.3, -0.25) is 0 Å².